The van der Waals surface area contributed by atoms with E-state index in [0.717, 1.165) is 54.5 Å². The molecule has 0 radical (unpaired) electrons. The molecular formula is C52H68F3NO3. The molecule has 3 aromatic carbocycles. The Kier molecular flexibility index (Phi) is 23.9. The molecule has 4 nitrogen and oxygen atoms in total. The van der Waals surface area contributed by atoms with Crippen LogP contribution in [0.5, 0.6) is 0 Å². The van der Waals surface area contributed by atoms with E-state index in [4.69, 9.17) is 0 Å². The number of carboxylic acids is 1. The molecule has 0 saturated heterocycles. The van der Waals surface area contributed by atoms with Gasteiger partial charge in [-0.3, -0.25) is 4.79 Å². The first-order valence-electron chi connectivity index (χ1n) is 22.5. The number of rotatable bonds is 26. The highest BCUT2D eigenvalue weighted by Gasteiger charge is 2.32. The molecule has 0 heterocycles. The SMILES string of the molecule is CCCCCCCCCCCCC#Cc1ccc(CC(c2ccc(C#CCCCCCCCCCCCC)cc2)N(Cc2ccc(C(F)(F)F)cc2)C(=O)C(=O)O)cc1. The number of carboxylic acid groups (broad SMARTS) is 1. The molecule has 1 atom stereocenters. The number of carbonyl (C=O) groups is 2. The summed E-state index contributed by atoms with van der Waals surface area (Å²) < 4.78 is 39.9. The first kappa shape index (κ1) is 48.9. The van der Waals surface area contributed by atoms with Gasteiger partial charge in [0.15, 0.2) is 0 Å². The van der Waals surface area contributed by atoms with Gasteiger partial charge in [-0.15, -0.1) is 0 Å². The van der Waals surface area contributed by atoms with E-state index in [1.165, 1.54) is 133 Å². The highest BCUT2D eigenvalue weighted by Crippen LogP contribution is 2.31. The van der Waals surface area contributed by atoms with Gasteiger partial charge in [0, 0.05) is 30.5 Å². The van der Waals surface area contributed by atoms with Crippen molar-refractivity contribution in [2.24, 2.45) is 0 Å². The maximum atomic E-state index is 13.3. The molecule has 0 aliphatic heterocycles. The summed E-state index contributed by atoms with van der Waals surface area (Å²) in [6.07, 6.45) is 22.9. The summed E-state index contributed by atoms with van der Waals surface area (Å²) in [5, 5.41) is 9.90. The molecule has 0 aliphatic carbocycles. The van der Waals surface area contributed by atoms with E-state index in [-0.39, 0.29) is 13.0 Å². The third kappa shape index (κ3) is 20.4. The van der Waals surface area contributed by atoms with Crippen molar-refractivity contribution in [1.82, 2.24) is 4.90 Å². The van der Waals surface area contributed by atoms with Crippen molar-refractivity contribution in [2.75, 3.05) is 0 Å². The van der Waals surface area contributed by atoms with Crippen LogP contribution in [0.25, 0.3) is 0 Å². The fourth-order valence-electron chi connectivity index (χ4n) is 7.32. The second-order valence-corrected chi connectivity index (χ2v) is 15.9. The minimum absolute atomic E-state index is 0.184. The highest BCUT2D eigenvalue weighted by molar-refractivity contribution is 6.31. The Bertz CT molecular complexity index is 1740. The van der Waals surface area contributed by atoms with E-state index < -0.39 is 29.7 Å². The third-order valence-corrected chi connectivity index (χ3v) is 10.9. The number of halogens is 3. The van der Waals surface area contributed by atoms with Gasteiger partial charge in [0.25, 0.3) is 0 Å². The van der Waals surface area contributed by atoms with Crippen LogP contribution < -0.4 is 0 Å². The Balaban J connectivity index is 1.68. The summed E-state index contributed by atoms with van der Waals surface area (Å²) in [4.78, 5) is 26.8. The van der Waals surface area contributed by atoms with Crippen molar-refractivity contribution < 1.29 is 27.9 Å². The average molecular weight is 812 g/mol. The van der Waals surface area contributed by atoms with Crippen LogP contribution in [0.1, 0.15) is 195 Å². The molecule has 0 fully saturated rings. The van der Waals surface area contributed by atoms with Gasteiger partial charge in [-0.2, -0.15) is 13.2 Å². The number of hydrogen-bond acceptors (Lipinski definition) is 2. The van der Waals surface area contributed by atoms with Crippen molar-refractivity contribution in [3.8, 4) is 23.7 Å². The van der Waals surface area contributed by atoms with Gasteiger partial charge in [-0.1, -0.05) is 190 Å². The first-order chi connectivity index (χ1) is 28.6. The van der Waals surface area contributed by atoms with E-state index in [1.807, 2.05) is 48.5 Å². The summed E-state index contributed by atoms with van der Waals surface area (Å²) in [6.45, 7) is 4.30. The van der Waals surface area contributed by atoms with E-state index in [2.05, 4.69) is 37.5 Å². The van der Waals surface area contributed by atoms with Gasteiger partial charge in [-0.25, -0.2) is 4.79 Å². The number of benzene rings is 3. The molecule has 3 rings (SSSR count). The topological polar surface area (TPSA) is 57.6 Å². The monoisotopic (exact) mass is 812 g/mol. The molecule has 0 aliphatic rings. The number of amides is 1. The third-order valence-electron chi connectivity index (χ3n) is 10.9. The zero-order valence-corrected chi connectivity index (χ0v) is 35.8. The van der Waals surface area contributed by atoms with Gasteiger partial charge in [0.1, 0.15) is 0 Å². The van der Waals surface area contributed by atoms with E-state index in [1.54, 1.807) is 0 Å². The smallest absolute Gasteiger partial charge is 0.416 e. The number of unbranched alkanes of at least 4 members (excludes halogenated alkanes) is 20. The molecule has 1 unspecified atom stereocenters. The van der Waals surface area contributed by atoms with Gasteiger partial charge in [-0.05, 0) is 72.4 Å². The summed E-state index contributed by atoms with van der Waals surface area (Å²) in [5.41, 5.74) is 2.84. The lowest BCUT2D eigenvalue weighted by Gasteiger charge is -2.31. The number of nitrogens with zero attached hydrogens (tertiary/aromatic N) is 1. The number of aliphatic carboxylic acids is 1. The van der Waals surface area contributed by atoms with Gasteiger partial charge < -0.3 is 10.0 Å². The zero-order valence-electron chi connectivity index (χ0n) is 35.8. The summed E-state index contributed by atoms with van der Waals surface area (Å²) >= 11 is 0. The molecular weight excluding hydrogens is 744 g/mol. The number of alkyl halides is 3. The van der Waals surface area contributed by atoms with Gasteiger partial charge in [0.2, 0.25) is 0 Å². The standard InChI is InChI=1S/C52H68F3NO3/c1-3-5-7-9-11-13-15-17-19-21-23-25-27-43-29-31-45(32-30-43)41-49(56(50(57)51(58)59)42-46-35-39-48(40-36-46)52(53,54)55)47-37-33-44(34-38-47)28-26-24-22-20-18-16-14-12-10-8-6-4-2/h29-40,49H,3-24,41-42H2,1-2H3,(H,58,59). The summed E-state index contributed by atoms with van der Waals surface area (Å²) in [5.74, 6) is 10.3. The van der Waals surface area contributed by atoms with Crippen LogP contribution in [-0.4, -0.2) is 21.9 Å². The lowest BCUT2D eigenvalue weighted by atomic mass is 9.95. The minimum atomic E-state index is -4.51. The maximum Gasteiger partial charge on any atom is 0.416 e. The normalized spacial score (nSPS) is 11.6. The van der Waals surface area contributed by atoms with Crippen molar-refractivity contribution >= 4 is 11.9 Å². The lowest BCUT2D eigenvalue weighted by Crippen LogP contribution is -2.40. The molecule has 1 amide bonds. The highest BCUT2D eigenvalue weighted by atomic mass is 19.4. The summed E-state index contributed by atoms with van der Waals surface area (Å²) in [7, 11) is 0. The summed E-state index contributed by atoms with van der Waals surface area (Å²) in [6, 6.07) is 19.0. The van der Waals surface area contributed by atoms with Crippen LogP contribution in [0.4, 0.5) is 13.2 Å². The van der Waals surface area contributed by atoms with Crippen LogP contribution in [0, 0.1) is 23.7 Å². The Morgan fingerprint density at radius 2 is 0.949 bits per heavy atom. The minimum Gasteiger partial charge on any atom is -0.474 e. The Morgan fingerprint density at radius 1 is 0.559 bits per heavy atom. The fourth-order valence-corrected chi connectivity index (χ4v) is 7.32. The number of hydrogen-bond donors (Lipinski definition) is 1. The molecule has 0 spiro atoms. The predicted molar refractivity (Wildman–Crippen MR) is 236 cm³/mol. The molecule has 0 bridgehead atoms. The van der Waals surface area contributed by atoms with Crippen LogP contribution in [0.2, 0.25) is 0 Å². The predicted octanol–water partition coefficient (Wildman–Crippen LogP) is 14.4. The van der Waals surface area contributed by atoms with Crippen LogP contribution in [0.15, 0.2) is 72.8 Å². The largest absolute Gasteiger partial charge is 0.474 e. The molecule has 7 heteroatoms. The van der Waals surface area contributed by atoms with E-state index >= 15 is 0 Å². The molecule has 320 valence electrons. The van der Waals surface area contributed by atoms with Crippen LogP contribution in [-0.2, 0) is 28.7 Å². The molecule has 0 saturated carbocycles. The lowest BCUT2D eigenvalue weighted by molar-refractivity contribution is -0.157. The van der Waals surface area contributed by atoms with Crippen molar-refractivity contribution in [3.63, 3.8) is 0 Å². The Hall–Kier alpha value is -4.49. The van der Waals surface area contributed by atoms with Crippen molar-refractivity contribution in [2.45, 2.75) is 180 Å². The van der Waals surface area contributed by atoms with E-state index in [0.29, 0.717) is 11.1 Å². The zero-order chi connectivity index (χ0) is 42.6. The maximum absolute atomic E-state index is 13.3. The average Bonchev–Trinajstić information content (AvgIpc) is 3.23. The second-order valence-electron chi connectivity index (χ2n) is 15.9. The molecule has 0 aromatic heterocycles. The van der Waals surface area contributed by atoms with Crippen LogP contribution >= 0.6 is 0 Å². The van der Waals surface area contributed by atoms with Crippen LogP contribution in [0.3, 0.4) is 0 Å². The van der Waals surface area contributed by atoms with Gasteiger partial charge in [0.05, 0.1) is 11.6 Å². The second kappa shape index (κ2) is 28.9. The first-order valence-corrected chi connectivity index (χ1v) is 22.5. The Labute approximate surface area is 353 Å². The number of carbonyl (C=O) groups excluding carboxylic acids is 1. The van der Waals surface area contributed by atoms with Crippen molar-refractivity contribution in [3.05, 3.63) is 106 Å². The fraction of sp³-hybridized carbons (Fsp3) is 0.538. The Morgan fingerprint density at radius 3 is 1.36 bits per heavy atom. The molecule has 59 heavy (non-hydrogen) atoms. The van der Waals surface area contributed by atoms with Crippen molar-refractivity contribution in [1.29, 1.82) is 0 Å². The molecule has 3 aromatic rings. The van der Waals surface area contributed by atoms with Gasteiger partial charge >= 0.3 is 18.1 Å². The van der Waals surface area contributed by atoms with E-state index in [9.17, 15) is 27.9 Å². The molecule has 1 N–H and O–H groups in total. The quantitative estimate of drug-likeness (QED) is 0.0499.